The van der Waals surface area contributed by atoms with E-state index in [0.29, 0.717) is 30.7 Å². The molecule has 0 spiro atoms. The Labute approximate surface area is 155 Å². The Morgan fingerprint density at radius 2 is 2.08 bits per heavy atom. The minimum atomic E-state index is -0.351. The lowest BCUT2D eigenvalue weighted by atomic mass is 10.2. The first-order valence-corrected chi connectivity index (χ1v) is 9.02. The molecule has 5 nitrogen and oxygen atoms in total. The summed E-state index contributed by atoms with van der Waals surface area (Å²) in [7, 11) is 1.72. The maximum atomic E-state index is 13.3. The van der Waals surface area contributed by atoms with Crippen molar-refractivity contribution in [2.75, 3.05) is 7.05 Å². The molecule has 7 heteroatoms. The van der Waals surface area contributed by atoms with Crippen molar-refractivity contribution in [1.82, 2.24) is 15.6 Å². The molecule has 0 aliphatic carbocycles. The number of thiophene rings is 1. The summed E-state index contributed by atoms with van der Waals surface area (Å²) in [6.07, 6.45) is 1.64. The Kier molecular flexibility index (Phi) is 6.16. The van der Waals surface area contributed by atoms with Gasteiger partial charge < -0.3 is 15.4 Å². The highest BCUT2D eigenvalue weighted by molar-refractivity contribution is 7.07. The maximum Gasteiger partial charge on any atom is 0.224 e. The standard InChI is InChI=1S/C19H19FN4OS/c1-21-19(23-11-14-7-9-26-13-14)24-12-15-4-3-8-22-18(15)25-17-6-2-5-16(20)10-17/h2-10,13H,11-12H2,1H3,(H2,21,23,24). The Morgan fingerprint density at radius 1 is 1.19 bits per heavy atom. The number of aliphatic imine (C=N–C) groups is 1. The lowest BCUT2D eigenvalue weighted by molar-refractivity contribution is 0.450. The number of rotatable bonds is 6. The second kappa shape index (κ2) is 8.96. The van der Waals surface area contributed by atoms with E-state index in [1.807, 2.05) is 17.5 Å². The van der Waals surface area contributed by atoms with Crippen molar-refractivity contribution in [2.24, 2.45) is 4.99 Å². The third-order valence-electron chi connectivity index (χ3n) is 3.57. The first-order valence-electron chi connectivity index (χ1n) is 8.07. The zero-order valence-electron chi connectivity index (χ0n) is 14.3. The zero-order chi connectivity index (χ0) is 18.2. The van der Waals surface area contributed by atoms with Gasteiger partial charge in [-0.15, -0.1) is 0 Å². The third-order valence-corrected chi connectivity index (χ3v) is 4.30. The van der Waals surface area contributed by atoms with Crippen LogP contribution < -0.4 is 15.4 Å². The molecule has 0 radical (unpaired) electrons. The van der Waals surface area contributed by atoms with Crippen molar-refractivity contribution in [1.29, 1.82) is 0 Å². The molecule has 0 fully saturated rings. The maximum absolute atomic E-state index is 13.3. The molecular weight excluding hydrogens is 351 g/mol. The van der Waals surface area contributed by atoms with Crippen LogP contribution in [0, 0.1) is 5.82 Å². The van der Waals surface area contributed by atoms with Crippen molar-refractivity contribution in [3.8, 4) is 11.6 Å². The summed E-state index contributed by atoms with van der Waals surface area (Å²) in [5, 5.41) is 10.6. The molecule has 2 heterocycles. The van der Waals surface area contributed by atoms with Crippen LogP contribution in [0.4, 0.5) is 4.39 Å². The highest BCUT2D eigenvalue weighted by Crippen LogP contribution is 2.23. The lowest BCUT2D eigenvalue weighted by Gasteiger charge is -2.13. The third kappa shape index (κ3) is 5.03. The van der Waals surface area contributed by atoms with Gasteiger partial charge >= 0.3 is 0 Å². The van der Waals surface area contributed by atoms with Crippen LogP contribution in [-0.2, 0) is 13.1 Å². The first kappa shape index (κ1) is 17.9. The van der Waals surface area contributed by atoms with E-state index in [2.05, 4.69) is 32.1 Å². The highest BCUT2D eigenvalue weighted by Gasteiger charge is 2.08. The second-order valence-electron chi connectivity index (χ2n) is 5.44. The van der Waals surface area contributed by atoms with Crippen molar-refractivity contribution < 1.29 is 9.13 Å². The molecule has 0 aliphatic heterocycles. The SMILES string of the molecule is CN=C(NCc1ccsc1)NCc1cccnc1Oc1cccc(F)c1. The minimum Gasteiger partial charge on any atom is -0.439 e. The smallest absolute Gasteiger partial charge is 0.224 e. The molecular formula is C19H19FN4OS. The summed E-state index contributed by atoms with van der Waals surface area (Å²) < 4.78 is 19.1. The van der Waals surface area contributed by atoms with E-state index >= 15 is 0 Å². The van der Waals surface area contributed by atoms with Gasteiger partial charge in [-0.2, -0.15) is 11.3 Å². The van der Waals surface area contributed by atoms with Crippen molar-refractivity contribution in [3.05, 3.63) is 76.4 Å². The first-order chi connectivity index (χ1) is 12.7. The molecule has 1 aromatic carbocycles. The normalized spacial score (nSPS) is 11.2. The van der Waals surface area contributed by atoms with Crippen LogP contribution in [-0.4, -0.2) is 18.0 Å². The Balaban J connectivity index is 1.62. The lowest BCUT2D eigenvalue weighted by Crippen LogP contribution is -2.36. The van der Waals surface area contributed by atoms with Crippen LogP contribution in [0.1, 0.15) is 11.1 Å². The predicted octanol–water partition coefficient (Wildman–Crippen LogP) is 3.94. The minimum absolute atomic E-state index is 0.351. The summed E-state index contributed by atoms with van der Waals surface area (Å²) in [6, 6.07) is 11.8. The van der Waals surface area contributed by atoms with Crippen LogP contribution in [0.5, 0.6) is 11.6 Å². The van der Waals surface area contributed by atoms with Gasteiger partial charge in [0.05, 0.1) is 0 Å². The largest absolute Gasteiger partial charge is 0.439 e. The number of halogens is 1. The van der Waals surface area contributed by atoms with E-state index in [0.717, 1.165) is 5.56 Å². The molecule has 0 saturated heterocycles. The summed E-state index contributed by atoms with van der Waals surface area (Å²) >= 11 is 1.66. The predicted molar refractivity (Wildman–Crippen MR) is 102 cm³/mol. The fourth-order valence-electron chi connectivity index (χ4n) is 2.27. The average molecular weight is 370 g/mol. The molecule has 0 atom stereocenters. The van der Waals surface area contributed by atoms with E-state index in [1.165, 1.54) is 17.7 Å². The van der Waals surface area contributed by atoms with Gasteiger partial charge in [0.15, 0.2) is 5.96 Å². The van der Waals surface area contributed by atoms with Crippen molar-refractivity contribution in [3.63, 3.8) is 0 Å². The van der Waals surface area contributed by atoms with Gasteiger partial charge in [0.25, 0.3) is 0 Å². The average Bonchev–Trinajstić information content (AvgIpc) is 3.17. The number of aromatic nitrogens is 1. The molecule has 0 amide bonds. The molecule has 134 valence electrons. The molecule has 0 aliphatic rings. The summed E-state index contributed by atoms with van der Waals surface area (Å²) in [5.41, 5.74) is 2.05. The summed E-state index contributed by atoms with van der Waals surface area (Å²) in [5.74, 6) is 1.16. The van der Waals surface area contributed by atoms with E-state index in [9.17, 15) is 4.39 Å². The topological polar surface area (TPSA) is 58.5 Å². The van der Waals surface area contributed by atoms with Crippen LogP contribution in [0.3, 0.4) is 0 Å². The summed E-state index contributed by atoms with van der Waals surface area (Å²) in [6.45, 7) is 1.17. The van der Waals surface area contributed by atoms with E-state index in [-0.39, 0.29) is 5.82 Å². The van der Waals surface area contributed by atoms with Gasteiger partial charge in [0.2, 0.25) is 5.88 Å². The number of hydrogen-bond donors (Lipinski definition) is 2. The van der Waals surface area contributed by atoms with E-state index in [1.54, 1.807) is 36.7 Å². The monoisotopic (exact) mass is 370 g/mol. The number of nitrogens with one attached hydrogen (secondary N) is 2. The number of ether oxygens (including phenoxy) is 1. The molecule has 0 bridgehead atoms. The Bertz CT molecular complexity index is 867. The fourth-order valence-corrected chi connectivity index (χ4v) is 2.94. The van der Waals surface area contributed by atoms with Gasteiger partial charge in [-0.1, -0.05) is 12.1 Å². The molecule has 0 saturated carbocycles. The van der Waals surface area contributed by atoms with Gasteiger partial charge in [0, 0.05) is 38.0 Å². The number of pyridine rings is 1. The summed E-state index contributed by atoms with van der Waals surface area (Å²) in [4.78, 5) is 8.47. The molecule has 0 unspecified atom stereocenters. The van der Waals surface area contributed by atoms with Crippen LogP contribution in [0.25, 0.3) is 0 Å². The Hall–Kier alpha value is -2.93. The number of nitrogens with zero attached hydrogens (tertiary/aromatic N) is 2. The van der Waals surface area contributed by atoms with Gasteiger partial charge in [-0.25, -0.2) is 9.37 Å². The van der Waals surface area contributed by atoms with Crippen molar-refractivity contribution in [2.45, 2.75) is 13.1 Å². The van der Waals surface area contributed by atoms with E-state index < -0.39 is 0 Å². The van der Waals surface area contributed by atoms with Crippen LogP contribution >= 0.6 is 11.3 Å². The molecule has 3 aromatic rings. The van der Waals surface area contributed by atoms with Crippen LogP contribution in [0.2, 0.25) is 0 Å². The molecule has 2 N–H and O–H groups in total. The molecule has 2 aromatic heterocycles. The second-order valence-corrected chi connectivity index (χ2v) is 6.22. The fraction of sp³-hybridized carbons (Fsp3) is 0.158. The van der Waals surface area contributed by atoms with E-state index in [4.69, 9.17) is 4.74 Å². The zero-order valence-corrected chi connectivity index (χ0v) is 15.1. The Morgan fingerprint density at radius 3 is 2.85 bits per heavy atom. The molecule has 3 rings (SSSR count). The highest BCUT2D eigenvalue weighted by atomic mass is 32.1. The van der Waals surface area contributed by atoms with Crippen molar-refractivity contribution >= 4 is 17.3 Å². The number of hydrogen-bond acceptors (Lipinski definition) is 4. The number of guanidine groups is 1. The van der Waals surface area contributed by atoms with Gasteiger partial charge in [-0.05, 0) is 40.6 Å². The molecule has 26 heavy (non-hydrogen) atoms. The van der Waals surface area contributed by atoms with Gasteiger partial charge in [-0.3, -0.25) is 4.99 Å². The van der Waals surface area contributed by atoms with Gasteiger partial charge in [0.1, 0.15) is 11.6 Å². The quantitative estimate of drug-likeness (QED) is 0.510. The number of benzene rings is 1. The van der Waals surface area contributed by atoms with Crippen LogP contribution in [0.15, 0.2) is 64.4 Å².